The fraction of sp³-hybridized carbons (Fsp3) is 0.182. The fourth-order valence-electron chi connectivity index (χ4n) is 5.65. The average Bonchev–Trinajstić information content (AvgIpc) is 3.25. The Hall–Kier alpha value is -5.74. The molecule has 2 unspecified atom stereocenters. The number of carbonyl (C=O) groups is 6. The molecule has 5 rings (SSSR count). The highest BCUT2D eigenvalue weighted by Crippen LogP contribution is 2.34. The van der Waals surface area contributed by atoms with Gasteiger partial charge in [-0.05, 0) is 111 Å². The molecule has 330 valence electrons. The number of anilines is 4. The predicted molar refractivity (Wildman–Crippen MR) is 252 cm³/mol. The zero-order chi connectivity index (χ0) is 46.5. The van der Waals surface area contributed by atoms with Crippen molar-refractivity contribution in [3.05, 3.63) is 139 Å². The largest absolute Gasteiger partial charge is 0.322 e. The van der Waals surface area contributed by atoms with Crippen LogP contribution in [0, 0.1) is 0 Å². The number of nitrogens with zero attached hydrogens (tertiary/aromatic N) is 4. The van der Waals surface area contributed by atoms with Crippen molar-refractivity contribution in [2.45, 2.75) is 38.8 Å². The number of halogens is 6. The molecule has 0 radical (unpaired) electrons. The maximum Gasteiger partial charge on any atom is 0.258 e. The third kappa shape index (κ3) is 13.6. The minimum Gasteiger partial charge on any atom is -0.322 e. The van der Waals surface area contributed by atoms with E-state index in [-0.39, 0.29) is 54.0 Å². The first-order valence-corrected chi connectivity index (χ1v) is 21.6. The van der Waals surface area contributed by atoms with Crippen molar-refractivity contribution in [1.82, 2.24) is 0 Å². The molecular formula is C44H36Cl6N8O6. The van der Waals surface area contributed by atoms with Gasteiger partial charge in [-0.3, -0.25) is 28.8 Å². The second-order valence-corrected chi connectivity index (χ2v) is 16.1. The highest BCUT2D eigenvalue weighted by molar-refractivity contribution is 6.38. The third-order valence-electron chi connectivity index (χ3n) is 9.00. The summed E-state index contributed by atoms with van der Waals surface area (Å²) >= 11 is 37.1. The van der Waals surface area contributed by atoms with Crippen LogP contribution in [0.4, 0.5) is 34.1 Å². The van der Waals surface area contributed by atoms with E-state index in [1.165, 1.54) is 48.5 Å². The molecule has 0 aliphatic carbocycles. The van der Waals surface area contributed by atoms with Gasteiger partial charge in [-0.25, -0.2) is 0 Å². The average molecular weight is 986 g/mol. The van der Waals surface area contributed by atoms with E-state index in [1.54, 1.807) is 24.3 Å². The van der Waals surface area contributed by atoms with Crippen molar-refractivity contribution in [2.24, 2.45) is 20.5 Å². The molecular weight excluding hydrogens is 949 g/mol. The number of Topliss-reactive ketones (excluding diaryl/α,β-unsaturated/α-hetero) is 2. The molecule has 0 bridgehead atoms. The van der Waals surface area contributed by atoms with Crippen molar-refractivity contribution >= 4 is 139 Å². The third-order valence-corrected chi connectivity index (χ3v) is 10.7. The highest BCUT2D eigenvalue weighted by atomic mass is 35.5. The van der Waals surface area contributed by atoms with E-state index in [4.69, 9.17) is 69.6 Å². The van der Waals surface area contributed by atoms with Crippen LogP contribution in [0.15, 0.2) is 118 Å². The van der Waals surface area contributed by atoms with E-state index in [1.807, 2.05) is 24.3 Å². The van der Waals surface area contributed by atoms with Crippen molar-refractivity contribution < 1.29 is 28.8 Å². The number of ketones is 2. The van der Waals surface area contributed by atoms with Gasteiger partial charge < -0.3 is 21.3 Å². The first-order valence-electron chi connectivity index (χ1n) is 19.0. The molecule has 5 aromatic rings. The molecule has 20 heteroatoms. The van der Waals surface area contributed by atoms with Crippen molar-refractivity contribution in [3.63, 3.8) is 0 Å². The quantitative estimate of drug-likeness (QED) is 0.0382. The zero-order valence-electron chi connectivity index (χ0n) is 33.7. The van der Waals surface area contributed by atoms with Crippen LogP contribution >= 0.6 is 69.6 Å². The number of benzene rings is 5. The maximum absolute atomic E-state index is 13.3. The van der Waals surface area contributed by atoms with Gasteiger partial charge >= 0.3 is 0 Å². The lowest BCUT2D eigenvalue weighted by Gasteiger charge is -2.15. The first-order chi connectivity index (χ1) is 30.6. The number of hydrogen-bond acceptors (Lipinski definition) is 10. The molecule has 4 N–H and O–H groups in total. The standard InChI is InChI=1S/C44H36Cl6N8O6/c1-23(59)39(57-55-29-11-13-33(47)31(19-29)41(61)51-27-7-3-25(4-8-27)15-17-45)43(63)53-37-21-36(50)38(22-35(37)49)54-44(64)40(24(2)60)58-56-30-12-14-34(48)32(20-30)42(62)52-28-9-5-26(6-10-28)16-18-46/h3-14,19-22,39-40H,15-18H2,1-2H3,(H,51,61)(H,52,62)(H,53,63)(H,54,64). The summed E-state index contributed by atoms with van der Waals surface area (Å²) in [6.45, 7) is 2.26. The second-order valence-electron chi connectivity index (χ2n) is 13.8. The molecule has 64 heavy (non-hydrogen) atoms. The predicted octanol–water partition coefficient (Wildman–Crippen LogP) is 11.7. The summed E-state index contributed by atoms with van der Waals surface area (Å²) in [5.41, 5.74) is 3.32. The van der Waals surface area contributed by atoms with Crippen LogP contribution in [0.5, 0.6) is 0 Å². The van der Waals surface area contributed by atoms with Gasteiger partial charge in [-0.15, -0.1) is 23.2 Å². The number of nitrogens with one attached hydrogen (secondary N) is 4. The van der Waals surface area contributed by atoms with E-state index in [0.717, 1.165) is 25.0 Å². The Labute approximate surface area is 397 Å². The molecule has 2 atom stereocenters. The van der Waals surface area contributed by atoms with Crippen LogP contribution in [0.2, 0.25) is 20.1 Å². The van der Waals surface area contributed by atoms with Crippen molar-refractivity contribution in [1.29, 1.82) is 0 Å². The van der Waals surface area contributed by atoms with Gasteiger partial charge in [0.15, 0.2) is 11.6 Å². The molecule has 5 aromatic carbocycles. The van der Waals surface area contributed by atoms with E-state index in [9.17, 15) is 28.8 Å². The van der Waals surface area contributed by atoms with Crippen LogP contribution < -0.4 is 21.3 Å². The number of aryl methyl sites for hydroxylation is 2. The Morgan fingerprint density at radius 2 is 0.844 bits per heavy atom. The van der Waals surface area contributed by atoms with Crippen LogP contribution in [-0.2, 0) is 32.0 Å². The fourth-order valence-corrected chi connectivity index (χ4v) is 6.91. The van der Waals surface area contributed by atoms with Gasteiger partial charge in [-0.1, -0.05) is 70.7 Å². The summed E-state index contributed by atoms with van der Waals surface area (Å²) in [4.78, 5) is 77.8. The van der Waals surface area contributed by atoms with E-state index in [0.29, 0.717) is 36.0 Å². The molecule has 4 amide bonds. The Balaban J connectivity index is 1.24. The Kier molecular flexibility index (Phi) is 17.9. The lowest BCUT2D eigenvalue weighted by molar-refractivity contribution is -0.127. The van der Waals surface area contributed by atoms with Gasteiger partial charge in [0.2, 0.25) is 12.1 Å². The number of hydrogen-bond donors (Lipinski definition) is 4. The monoisotopic (exact) mass is 982 g/mol. The summed E-state index contributed by atoms with van der Waals surface area (Å²) in [7, 11) is 0. The summed E-state index contributed by atoms with van der Waals surface area (Å²) < 4.78 is 0. The lowest BCUT2D eigenvalue weighted by Crippen LogP contribution is -2.32. The van der Waals surface area contributed by atoms with Crippen molar-refractivity contribution in [2.75, 3.05) is 33.0 Å². The van der Waals surface area contributed by atoms with Crippen LogP contribution in [0.25, 0.3) is 0 Å². The summed E-state index contributed by atoms with van der Waals surface area (Å²) in [6, 6.07) is 21.8. The SMILES string of the molecule is CC(=O)C(N=Nc1ccc(Cl)c(C(=O)Nc2ccc(CCCl)cc2)c1)C(=O)Nc1cc(Cl)c(NC(=O)C(N=Nc2ccc(Cl)c(C(=O)Nc3ccc(CCCl)cc3)c2)C(C)=O)cc1Cl. The van der Waals surface area contributed by atoms with E-state index in [2.05, 4.69) is 41.7 Å². The van der Waals surface area contributed by atoms with Gasteiger partial charge in [0.1, 0.15) is 0 Å². The lowest BCUT2D eigenvalue weighted by atomic mass is 10.1. The minimum absolute atomic E-state index is 0.0500. The zero-order valence-corrected chi connectivity index (χ0v) is 38.3. The molecule has 0 aromatic heterocycles. The molecule has 0 saturated heterocycles. The molecule has 0 heterocycles. The Morgan fingerprint density at radius 1 is 0.484 bits per heavy atom. The highest BCUT2D eigenvalue weighted by Gasteiger charge is 2.27. The van der Waals surface area contributed by atoms with E-state index < -0.39 is 47.3 Å². The number of azo groups is 2. The number of alkyl halides is 2. The maximum atomic E-state index is 13.3. The van der Waals surface area contributed by atoms with Gasteiger partial charge in [0.05, 0.1) is 54.0 Å². The van der Waals surface area contributed by atoms with Gasteiger partial charge in [-0.2, -0.15) is 20.5 Å². The van der Waals surface area contributed by atoms with Gasteiger partial charge in [0.25, 0.3) is 23.6 Å². The molecule has 0 fully saturated rings. The molecule has 14 nitrogen and oxygen atoms in total. The summed E-state index contributed by atoms with van der Waals surface area (Å²) in [6.07, 6.45) is 1.35. The summed E-state index contributed by atoms with van der Waals surface area (Å²) in [5.74, 6) is -3.34. The van der Waals surface area contributed by atoms with Crippen LogP contribution in [0.1, 0.15) is 45.7 Å². The topological polar surface area (TPSA) is 200 Å². The minimum atomic E-state index is -1.65. The normalized spacial score (nSPS) is 12.1. The van der Waals surface area contributed by atoms with E-state index >= 15 is 0 Å². The molecule has 0 spiro atoms. The smallest absolute Gasteiger partial charge is 0.258 e. The van der Waals surface area contributed by atoms with Crippen LogP contribution in [0.3, 0.4) is 0 Å². The van der Waals surface area contributed by atoms with Crippen LogP contribution in [-0.4, -0.2) is 59.0 Å². The van der Waals surface area contributed by atoms with Crippen molar-refractivity contribution in [3.8, 4) is 0 Å². The number of carbonyl (C=O) groups excluding carboxylic acids is 6. The number of amides is 4. The first kappa shape index (κ1) is 49.3. The molecule has 0 aliphatic heterocycles. The Morgan fingerprint density at radius 3 is 1.17 bits per heavy atom. The number of rotatable bonds is 18. The molecule has 0 saturated carbocycles. The second kappa shape index (κ2) is 23.3. The Bertz CT molecular complexity index is 2460. The molecule has 0 aliphatic rings. The summed E-state index contributed by atoms with van der Waals surface area (Å²) in [5, 5.41) is 26.4. The van der Waals surface area contributed by atoms with Gasteiger partial charge in [0, 0.05) is 23.1 Å².